The Hall–Kier alpha value is -3.03. The molecule has 3 aromatic carbocycles. The van der Waals surface area contributed by atoms with Gasteiger partial charge < -0.3 is 10.1 Å². The van der Waals surface area contributed by atoms with Gasteiger partial charge in [-0.25, -0.2) is 8.78 Å². The molecule has 1 saturated heterocycles. The van der Waals surface area contributed by atoms with Gasteiger partial charge >= 0.3 is 0 Å². The first kappa shape index (κ1) is 20.3. The Morgan fingerprint density at radius 1 is 0.967 bits per heavy atom. The molecule has 150 valence electrons. The van der Waals surface area contributed by atoms with Gasteiger partial charge in [-0.3, -0.25) is 4.79 Å². The average molecular weight is 440 g/mol. The summed E-state index contributed by atoms with van der Waals surface area (Å²) in [5, 5.41) is 2.58. The molecule has 3 nitrogen and oxygen atoms in total. The van der Waals surface area contributed by atoms with Gasteiger partial charge in [-0.15, -0.1) is 0 Å². The topological polar surface area (TPSA) is 38.3 Å². The summed E-state index contributed by atoms with van der Waals surface area (Å²) in [5.41, 5.74) is 2.81. The van der Waals surface area contributed by atoms with Crippen LogP contribution < -0.4 is 10.1 Å². The first-order chi connectivity index (χ1) is 14.5. The quantitative estimate of drug-likeness (QED) is 0.409. The Morgan fingerprint density at radius 2 is 1.70 bits per heavy atom. The first-order valence-corrected chi connectivity index (χ1v) is 10.2. The summed E-state index contributed by atoms with van der Waals surface area (Å²) < 4.78 is 33.4. The van der Waals surface area contributed by atoms with Gasteiger partial charge in [0.15, 0.2) is 11.6 Å². The Labute approximate surface area is 181 Å². The molecule has 0 unspecified atom stereocenters. The largest absolute Gasteiger partial charge is 0.488 e. The maximum atomic E-state index is 13.7. The van der Waals surface area contributed by atoms with E-state index in [1.807, 2.05) is 30.3 Å². The lowest BCUT2D eigenvalue weighted by molar-refractivity contribution is -0.115. The Morgan fingerprint density at radius 3 is 2.40 bits per heavy atom. The third-order valence-electron chi connectivity index (χ3n) is 4.43. The number of rotatable bonds is 5. The van der Waals surface area contributed by atoms with Gasteiger partial charge in [0.1, 0.15) is 16.7 Å². The normalized spacial score (nSPS) is 14.8. The summed E-state index contributed by atoms with van der Waals surface area (Å²) in [7, 11) is 0. The number of hydrogen-bond donors (Lipinski definition) is 1. The number of carbonyl (C=O) groups is 1. The number of amides is 1. The Bertz CT molecular complexity index is 1160. The number of thiocarbonyl (C=S) groups is 1. The summed E-state index contributed by atoms with van der Waals surface area (Å²) in [6, 6.07) is 18.7. The molecule has 1 aliphatic rings. The van der Waals surface area contributed by atoms with Crippen molar-refractivity contribution in [3.05, 3.63) is 94.4 Å². The van der Waals surface area contributed by atoms with Crippen LogP contribution >= 0.6 is 24.0 Å². The molecule has 0 atom stereocenters. The lowest BCUT2D eigenvalue weighted by Crippen LogP contribution is -2.17. The van der Waals surface area contributed by atoms with E-state index in [0.717, 1.165) is 29.5 Å². The lowest BCUT2D eigenvalue weighted by atomic mass is 10.0. The van der Waals surface area contributed by atoms with Crippen LogP contribution in [0, 0.1) is 11.6 Å². The van der Waals surface area contributed by atoms with Crippen LogP contribution in [-0.4, -0.2) is 10.2 Å². The van der Waals surface area contributed by atoms with Gasteiger partial charge in [-0.2, -0.15) is 0 Å². The van der Waals surface area contributed by atoms with Crippen LogP contribution in [0.2, 0.25) is 0 Å². The van der Waals surface area contributed by atoms with Crippen molar-refractivity contribution in [2.75, 3.05) is 0 Å². The van der Waals surface area contributed by atoms with Crippen molar-refractivity contribution in [1.82, 2.24) is 5.32 Å². The van der Waals surface area contributed by atoms with Gasteiger partial charge in [0.2, 0.25) is 0 Å². The monoisotopic (exact) mass is 439 g/mol. The van der Waals surface area contributed by atoms with E-state index in [-0.39, 0.29) is 5.91 Å². The minimum atomic E-state index is -0.923. The predicted octanol–water partition coefficient (Wildman–Crippen LogP) is 5.70. The number of nitrogens with one attached hydrogen (secondary N) is 1. The van der Waals surface area contributed by atoms with Crippen molar-refractivity contribution in [3.8, 4) is 16.9 Å². The zero-order chi connectivity index (χ0) is 21.1. The maximum absolute atomic E-state index is 13.7. The van der Waals surface area contributed by atoms with Crippen molar-refractivity contribution in [2.45, 2.75) is 6.61 Å². The second kappa shape index (κ2) is 8.77. The van der Waals surface area contributed by atoms with E-state index in [1.165, 1.54) is 6.07 Å². The molecule has 1 N–H and O–H groups in total. The van der Waals surface area contributed by atoms with Crippen LogP contribution in [0.4, 0.5) is 8.78 Å². The molecule has 7 heteroatoms. The zero-order valence-corrected chi connectivity index (χ0v) is 17.2. The molecule has 0 aromatic heterocycles. The molecule has 3 aromatic rings. The highest BCUT2D eigenvalue weighted by Crippen LogP contribution is 2.33. The summed E-state index contributed by atoms with van der Waals surface area (Å²) in [5.74, 6) is -1.55. The zero-order valence-electron chi connectivity index (χ0n) is 15.5. The van der Waals surface area contributed by atoms with E-state index in [2.05, 4.69) is 5.32 Å². The van der Waals surface area contributed by atoms with Crippen molar-refractivity contribution >= 4 is 40.3 Å². The fourth-order valence-electron chi connectivity index (χ4n) is 2.95. The van der Waals surface area contributed by atoms with Gasteiger partial charge in [-0.1, -0.05) is 66.4 Å². The van der Waals surface area contributed by atoms with Crippen molar-refractivity contribution in [1.29, 1.82) is 0 Å². The molecule has 0 saturated carbocycles. The van der Waals surface area contributed by atoms with Crippen LogP contribution in [0.1, 0.15) is 11.1 Å². The van der Waals surface area contributed by atoms with Crippen molar-refractivity contribution < 1.29 is 18.3 Å². The van der Waals surface area contributed by atoms with E-state index in [4.69, 9.17) is 17.0 Å². The molecule has 1 aliphatic heterocycles. The second-order valence-corrected chi connectivity index (χ2v) is 8.23. The molecule has 30 heavy (non-hydrogen) atoms. The maximum Gasteiger partial charge on any atom is 0.263 e. The molecular weight excluding hydrogens is 424 g/mol. The molecule has 4 rings (SSSR count). The Kier molecular flexibility index (Phi) is 5.92. The Balaban J connectivity index is 1.71. The minimum Gasteiger partial charge on any atom is -0.488 e. The van der Waals surface area contributed by atoms with Crippen molar-refractivity contribution in [2.24, 2.45) is 0 Å². The number of benzene rings is 3. The second-order valence-electron chi connectivity index (χ2n) is 6.51. The van der Waals surface area contributed by atoms with Gasteiger partial charge in [0, 0.05) is 5.56 Å². The van der Waals surface area contributed by atoms with Crippen molar-refractivity contribution in [3.63, 3.8) is 0 Å². The highest BCUT2D eigenvalue weighted by molar-refractivity contribution is 8.26. The SMILES string of the molecule is O=C1NC(=S)SC1=Cc1cc(-c2ccc(F)c(F)c2)ccc1OCc1ccccc1. The number of hydrogen-bond acceptors (Lipinski definition) is 4. The van der Waals surface area contributed by atoms with E-state index >= 15 is 0 Å². The molecule has 0 bridgehead atoms. The fraction of sp³-hybridized carbons (Fsp3) is 0.0435. The van der Waals surface area contributed by atoms with Crippen LogP contribution in [0.25, 0.3) is 17.2 Å². The molecule has 1 fully saturated rings. The smallest absolute Gasteiger partial charge is 0.263 e. The van der Waals surface area contributed by atoms with Crippen LogP contribution in [0.3, 0.4) is 0 Å². The van der Waals surface area contributed by atoms with Gasteiger partial charge in [0.25, 0.3) is 5.91 Å². The van der Waals surface area contributed by atoms with Gasteiger partial charge in [-0.05, 0) is 47.0 Å². The predicted molar refractivity (Wildman–Crippen MR) is 119 cm³/mol. The highest BCUT2D eigenvalue weighted by atomic mass is 32.2. The average Bonchev–Trinajstić information content (AvgIpc) is 3.06. The number of ether oxygens (including phenoxy) is 1. The van der Waals surface area contributed by atoms with E-state index in [0.29, 0.717) is 38.3 Å². The molecule has 1 amide bonds. The van der Waals surface area contributed by atoms with E-state index in [9.17, 15) is 13.6 Å². The molecule has 1 heterocycles. The number of halogens is 2. The number of carbonyl (C=O) groups excluding carboxylic acids is 1. The fourth-order valence-corrected chi connectivity index (χ4v) is 3.98. The lowest BCUT2D eigenvalue weighted by Gasteiger charge is -2.12. The summed E-state index contributed by atoms with van der Waals surface area (Å²) in [6.07, 6.45) is 1.68. The first-order valence-electron chi connectivity index (χ1n) is 9.00. The van der Waals surface area contributed by atoms with Crippen LogP contribution in [-0.2, 0) is 11.4 Å². The van der Waals surface area contributed by atoms with E-state index < -0.39 is 11.6 Å². The molecule has 0 radical (unpaired) electrons. The third-order valence-corrected chi connectivity index (χ3v) is 5.59. The van der Waals surface area contributed by atoms with Crippen LogP contribution in [0.15, 0.2) is 71.6 Å². The number of thioether (sulfide) groups is 1. The summed E-state index contributed by atoms with van der Waals surface area (Å²) >= 11 is 6.21. The highest BCUT2D eigenvalue weighted by Gasteiger charge is 2.22. The minimum absolute atomic E-state index is 0.280. The van der Waals surface area contributed by atoms with E-state index in [1.54, 1.807) is 24.3 Å². The summed E-state index contributed by atoms with van der Waals surface area (Å²) in [4.78, 5) is 12.5. The third kappa shape index (κ3) is 4.58. The molecule has 0 spiro atoms. The van der Waals surface area contributed by atoms with Crippen LogP contribution in [0.5, 0.6) is 5.75 Å². The standard InChI is InChI=1S/C23H15F2NO2S2/c24-18-8-6-16(11-19(18)25)15-7-9-20(28-13-14-4-2-1-3-5-14)17(10-15)12-21-22(27)26-23(29)30-21/h1-12H,13H2,(H,26,27,29). The molecular formula is C23H15F2NO2S2. The van der Waals surface area contributed by atoms with Gasteiger partial charge in [0.05, 0.1) is 4.91 Å². The molecule has 0 aliphatic carbocycles. The summed E-state index contributed by atoms with van der Waals surface area (Å²) in [6.45, 7) is 0.347.